The summed E-state index contributed by atoms with van der Waals surface area (Å²) < 4.78 is 18.9. The monoisotopic (exact) mass is 281 g/mol. The Morgan fingerprint density at radius 1 is 1.50 bits per heavy atom. The lowest BCUT2D eigenvalue weighted by molar-refractivity contribution is 0.130. The number of ether oxygens (including phenoxy) is 1. The van der Waals surface area contributed by atoms with Gasteiger partial charge < -0.3 is 15.0 Å². The molecule has 1 N–H and O–H groups in total. The van der Waals surface area contributed by atoms with Gasteiger partial charge in [0.25, 0.3) is 0 Å². The van der Waals surface area contributed by atoms with Crippen LogP contribution in [0.25, 0.3) is 0 Å². The number of anilines is 1. The van der Waals surface area contributed by atoms with Gasteiger partial charge in [0, 0.05) is 32.3 Å². The second-order valence-corrected chi connectivity index (χ2v) is 5.36. The average molecular weight is 281 g/mol. The summed E-state index contributed by atoms with van der Waals surface area (Å²) in [5.41, 5.74) is 0.886. The van der Waals surface area contributed by atoms with Gasteiger partial charge in [-0.2, -0.15) is 0 Å². The van der Waals surface area contributed by atoms with E-state index in [1.807, 2.05) is 18.9 Å². The molecule has 0 aromatic carbocycles. The van der Waals surface area contributed by atoms with Crippen LogP contribution in [0.4, 0.5) is 10.2 Å². The molecule has 1 aromatic heterocycles. The number of pyridine rings is 1. The molecule has 2 rings (SSSR count). The van der Waals surface area contributed by atoms with E-state index in [4.69, 9.17) is 4.74 Å². The Bertz CT molecular complexity index is 424. The lowest BCUT2D eigenvalue weighted by atomic mass is 10.2. The highest BCUT2D eigenvalue weighted by Crippen LogP contribution is 2.28. The number of hydrogen-bond acceptors (Lipinski definition) is 4. The standard InChI is InChI=1S/C15H24FN3O/c1-3-17-9-13-8-14(16)10-18-15(13)19(2)6-7-20-11-12-4-5-12/h8,10,12,17H,3-7,9,11H2,1-2H3. The van der Waals surface area contributed by atoms with Gasteiger partial charge in [0.2, 0.25) is 0 Å². The van der Waals surface area contributed by atoms with Crippen LogP contribution >= 0.6 is 0 Å². The Balaban J connectivity index is 1.87. The van der Waals surface area contributed by atoms with Gasteiger partial charge in [-0.3, -0.25) is 0 Å². The first-order chi connectivity index (χ1) is 9.70. The highest BCUT2D eigenvalue weighted by Gasteiger charge is 2.21. The number of halogens is 1. The van der Waals surface area contributed by atoms with Crippen molar-refractivity contribution in [3.05, 3.63) is 23.6 Å². The predicted molar refractivity (Wildman–Crippen MR) is 78.4 cm³/mol. The molecule has 0 bridgehead atoms. The molecule has 1 aromatic rings. The Kier molecular flexibility index (Phi) is 5.73. The van der Waals surface area contributed by atoms with Crippen molar-refractivity contribution in [2.24, 2.45) is 5.92 Å². The predicted octanol–water partition coefficient (Wildman–Crippen LogP) is 2.19. The van der Waals surface area contributed by atoms with Crippen LogP contribution in [0.2, 0.25) is 0 Å². The maximum Gasteiger partial charge on any atom is 0.141 e. The van der Waals surface area contributed by atoms with Crippen molar-refractivity contribution in [1.82, 2.24) is 10.3 Å². The summed E-state index contributed by atoms with van der Waals surface area (Å²) in [5.74, 6) is 1.32. The quantitative estimate of drug-likeness (QED) is 0.704. The van der Waals surface area contributed by atoms with Crippen LogP contribution in [0.1, 0.15) is 25.3 Å². The van der Waals surface area contributed by atoms with Crippen molar-refractivity contribution in [3.8, 4) is 0 Å². The first kappa shape index (κ1) is 15.2. The van der Waals surface area contributed by atoms with Crippen molar-refractivity contribution >= 4 is 5.82 Å². The molecule has 20 heavy (non-hydrogen) atoms. The van der Waals surface area contributed by atoms with E-state index < -0.39 is 0 Å². The summed E-state index contributed by atoms with van der Waals surface area (Å²) in [6, 6.07) is 1.55. The molecule has 0 unspecified atom stereocenters. The zero-order chi connectivity index (χ0) is 14.4. The van der Waals surface area contributed by atoms with E-state index in [0.29, 0.717) is 13.2 Å². The van der Waals surface area contributed by atoms with Crippen LogP contribution in [0.3, 0.4) is 0 Å². The Morgan fingerprint density at radius 3 is 3.00 bits per heavy atom. The van der Waals surface area contributed by atoms with Crippen LogP contribution in [-0.2, 0) is 11.3 Å². The largest absolute Gasteiger partial charge is 0.379 e. The summed E-state index contributed by atoms with van der Waals surface area (Å²) in [5, 5.41) is 3.21. The number of hydrogen-bond donors (Lipinski definition) is 1. The first-order valence-electron chi connectivity index (χ1n) is 7.34. The molecule has 0 aliphatic heterocycles. The maximum atomic E-state index is 13.3. The highest BCUT2D eigenvalue weighted by atomic mass is 19.1. The van der Waals surface area contributed by atoms with Crippen LogP contribution in [-0.4, -0.2) is 38.3 Å². The smallest absolute Gasteiger partial charge is 0.141 e. The Hall–Kier alpha value is -1.20. The topological polar surface area (TPSA) is 37.4 Å². The number of likely N-dealkylation sites (N-methyl/N-ethyl adjacent to an activating group) is 1. The fraction of sp³-hybridized carbons (Fsp3) is 0.667. The average Bonchev–Trinajstić information content (AvgIpc) is 3.25. The van der Waals surface area contributed by atoms with E-state index >= 15 is 0 Å². The van der Waals surface area contributed by atoms with Gasteiger partial charge in [0.05, 0.1) is 12.8 Å². The molecule has 1 aliphatic rings. The zero-order valence-electron chi connectivity index (χ0n) is 12.4. The van der Waals surface area contributed by atoms with E-state index in [2.05, 4.69) is 10.3 Å². The fourth-order valence-electron chi connectivity index (χ4n) is 2.05. The van der Waals surface area contributed by atoms with Crippen molar-refractivity contribution in [2.45, 2.75) is 26.3 Å². The summed E-state index contributed by atoms with van der Waals surface area (Å²) in [4.78, 5) is 6.24. The third-order valence-electron chi connectivity index (χ3n) is 3.46. The molecule has 0 saturated heterocycles. The lowest BCUT2D eigenvalue weighted by Crippen LogP contribution is -2.26. The normalized spacial score (nSPS) is 14.6. The number of nitrogens with zero attached hydrogens (tertiary/aromatic N) is 2. The fourth-order valence-corrected chi connectivity index (χ4v) is 2.05. The van der Waals surface area contributed by atoms with Gasteiger partial charge in [-0.15, -0.1) is 0 Å². The van der Waals surface area contributed by atoms with Gasteiger partial charge in [-0.05, 0) is 31.4 Å². The van der Waals surface area contributed by atoms with E-state index in [1.54, 1.807) is 6.07 Å². The molecule has 5 heteroatoms. The van der Waals surface area contributed by atoms with E-state index in [9.17, 15) is 4.39 Å². The first-order valence-corrected chi connectivity index (χ1v) is 7.34. The van der Waals surface area contributed by atoms with Gasteiger partial charge >= 0.3 is 0 Å². The van der Waals surface area contributed by atoms with Crippen molar-refractivity contribution in [3.63, 3.8) is 0 Å². The molecule has 1 aliphatic carbocycles. The minimum atomic E-state index is -0.292. The molecule has 0 atom stereocenters. The second kappa shape index (κ2) is 7.55. The molecule has 112 valence electrons. The summed E-state index contributed by atoms with van der Waals surface area (Å²) in [6.07, 6.45) is 3.89. The second-order valence-electron chi connectivity index (χ2n) is 5.36. The molecular weight excluding hydrogens is 257 g/mol. The van der Waals surface area contributed by atoms with Crippen molar-refractivity contribution in [2.75, 3.05) is 38.3 Å². The molecule has 1 heterocycles. The van der Waals surface area contributed by atoms with Crippen molar-refractivity contribution in [1.29, 1.82) is 0 Å². The van der Waals surface area contributed by atoms with Crippen LogP contribution in [0, 0.1) is 11.7 Å². The summed E-state index contributed by atoms with van der Waals surface area (Å²) >= 11 is 0. The van der Waals surface area contributed by atoms with Gasteiger partial charge in [-0.1, -0.05) is 6.92 Å². The van der Waals surface area contributed by atoms with E-state index in [0.717, 1.165) is 37.0 Å². The van der Waals surface area contributed by atoms with Crippen LogP contribution in [0.15, 0.2) is 12.3 Å². The van der Waals surface area contributed by atoms with Crippen molar-refractivity contribution < 1.29 is 9.13 Å². The third kappa shape index (κ3) is 4.72. The minimum Gasteiger partial charge on any atom is -0.379 e. The number of rotatable bonds is 9. The van der Waals surface area contributed by atoms with Gasteiger partial charge in [-0.25, -0.2) is 9.37 Å². The van der Waals surface area contributed by atoms with Gasteiger partial charge in [0.15, 0.2) is 0 Å². The molecule has 1 saturated carbocycles. The zero-order valence-corrected chi connectivity index (χ0v) is 12.4. The molecule has 0 spiro atoms. The molecule has 0 radical (unpaired) electrons. The molecule has 0 amide bonds. The van der Waals surface area contributed by atoms with E-state index in [1.165, 1.54) is 19.0 Å². The van der Waals surface area contributed by atoms with Crippen LogP contribution in [0.5, 0.6) is 0 Å². The van der Waals surface area contributed by atoms with Gasteiger partial charge in [0.1, 0.15) is 11.6 Å². The lowest BCUT2D eigenvalue weighted by Gasteiger charge is -2.21. The summed E-state index contributed by atoms with van der Waals surface area (Å²) in [6.45, 7) is 5.84. The summed E-state index contributed by atoms with van der Waals surface area (Å²) in [7, 11) is 1.97. The molecule has 1 fully saturated rings. The minimum absolute atomic E-state index is 0.292. The highest BCUT2D eigenvalue weighted by molar-refractivity contribution is 5.46. The maximum absolute atomic E-state index is 13.3. The number of nitrogens with one attached hydrogen (secondary N) is 1. The van der Waals surface area contributed by atoms with E-state index in [-0.39, 0.29) is 5.82 Å². The Morgan fingerprint density at radius 2 is 2.30 bits per heavy atom. The SMILES string of the molecule is CCNCc1cc(F)cnc1N(C)CCOCC1CC1. The molecular formula is C15H24FN3O. The molecule has 4 nitrogen and oxygen atoms in total. The Labute approximate surface area is 120 Å². The third-order valence-corrected chi connectivity index (χ3v) is 3.46. The van der Waals surface area contributed by atoms with Crippen LogP contribution < -0.4 is 10.2 Å². The number of aromatic nitrogens is 1.